The van der Waals surface area contributed by atoms with Crippen LogP contribution in [0.4, 0.5) is 5.69 Å². The van der Waals surface area contributed by atoms with Crippen LogP contribution in [0.1, 0.15) is 36.0 Å². The Labute approximate surface area is 190 Å². The highest BCUT2D eigenvalue weighted by Gasteiger charge is 2.14. The van der Waals surface area contributed by atoms with E-state index in [0.29, 0.717) is 29.4 Å². The number of aromatic amines is 1. The lowest BCUT2D eigenvalue weighted by molar-refractivity contribution is -0.118. The first-order valence-corrected chi connectivity index (χ1v) is 11.0. The number of amides is 2. The lowest BCUT2D eigenvalue weighted by Crippen LogP contribution is -2.24. The van der Waals surface area contributed by atoms with Crippen LogP contribution < -0.4 is 5.32 Å². The molecule has 0 spiro atoms. The van der Waals surface area contributed by atoms with Crippen LogP contribution in [0.3, 0.4) is 0 Å². The second kappa shape index (κ2) is 10.5. The van der Waals surface area contributed by atoms with Gasteiger partial charge in [-0.3, -0.25) is 9.59 Å². The van der Waals surface area contributed by atoms with Crippen molar-refractivity contribution in [2.24, 2.45) is 10.2 Å². The van der Waals surface area contributed by atoms with Crippen LogP contribution in [0.5, 0.6) is 5.88 Å². The average molecular weight is 536 g/mol. The van der Waals surface area contributed by atoms with Gasteiger partial charge in [-0.1, -0.05) is 40.5 Å². The summed E-state index contributed by atoms with van der Waals surface area (Å²) in [5.41, 5.74) is 1.53. The second-order valence-corrected chi connectivity index (χ2v) is 8.43. The number of hydrogen-bond donors (Lipinski definition) is 3. The molecule has 3 N–H and O–H groups in total. The minimum Gasteiger partial charge on any atom is -0.493 e. The van der Waals surface area contributed by atoms with Gasteiger partial charge in [-0.05, 0) is 53.0 Å². The number of carbonyl (C=O) groups excluding carboxylic acids is 2. The topological polar surface area (TPSA) is 107 Å². The van der Waals surface area contributed by atoms with Crippen molar-refractivity contribution in [3.63, 3.8) is 0 Å². The van der Waals surface area contributed by atoms with Gasteiger partial charge in [0.15, 0.2) is 5.69 Å². The number of aromatic hydroxyl groups is 1. The van der Waals surface area contributed by atoms with E-state index >= 15 is 0 Å². The third-order valence-corrected chi connectivity index (χ3v) is 5.51. The molecule has 0 unspecified atom stereocenters. The molecule has 9 heteroatoms. The summed E-state index contributed by atoms with van der Waals surface area (Å²) < 4.78 is 1.57. The van der Waals surface area contributed by atoms with Gasteiger partial charge in [-0.15, -0.1) is 10.2 Å². The van der Waals surface area contributed by atoms with Crippen molar-refractivity contribution in [2.45, 2.75) is 25.7 Å². The SMILES string of the molecule is O=C(CCCCCNC(=O)c1ccccc1)N=Nc1c(O)[nH]c2c(Br)cc(Br)cc12. The minimum absolute atomic E-state index is 0.0997. The molecular weight excluding hydrogens is 516 g/mol. The zero-order valence-corrected chi connectivity index (χ0v) is 19.2. The van der Waals surface area contributed by atoms with Gasteiger partial charge >= 0.3 is 0 Å². The average Bonchev–Trinajstić information content (AvgIpc) is 3.05. The molecule has 0 aliphatic rings. The van der Waals surface area contributed by atoms with Crippen LogP contribution in [0.2, 0.25) is 0 Å². The van der Waals surface area contributed by atoms with Gasteiger partial charge < -0.3 is 15.4 Å². The second-order valence-electron chi connectivity index (χ2n) is 6.66. The van der Waals surface area contributed by atoms with Crippen LogP contribution in [-0.2, 0) is 4.79 Å². The molecule has 0 radical (unpaired) electrons. The van der Waals surface area contributed by atoms with E-state index in [0.717, 1.165) is 21.8 Å². The number of aromatic nitrogens is 1. The smallest absolute Gasteiger partial charge is 0.264 e. The van der Waals surface area contributed by atoms with Gasteiger partial charge in [0.25, 0.3) is 11.8 Å². The number of benzene rings is 2. The number of fused-ring (bicyclic) bond motifs is 1. The Balaban J connectivity index is 1.43. The highest BCUT2D eigenvalue weighted by Crippen LogP contribution is 2.40. The van der Waals surface area contributed by atoms with Crippen LogP contribution in [0.25, 0.3) is 10.9 Å². The van der Waals surface area contributed by atoms with Crippen molar-refractivity contribution in [3.8, 4) is 5.88 Å². The summed E-state index contributed by atoms with van der Waals surface area (Å²) in [5.74, 6) is -0.599. The molecule has 30 heavy (non-hydrogen) atoms. The maximum absolute atomic E-state index is 12.0. The number of rotatable bonds is 8. The molecule has 0 saturated heterocycles. The normalized spacial score (nSPS) is 11.3. The zero-order valence-electron chi connectivity index (χ0n) is 16.0. The Bertz CT molecular complexity index is 1080. The van der Waals surface area contributed by atoms with Crippen molar-refractivity contribution in [1.29, 1.82) is 0 Å². The predicted octanol–water partition coefficient (Wildman–Crippen LogP) is 6.00. The summed E-state index contributed by atoms with van der Waals surface area (Å²) in [6, 6.07) is 12.7. The van der Waals surface area contributed by atoms with Gasteiger partial charge in [0.1, 0.15) is 0 Å². The van der Waals surface area contributed by atoms with E-state index in [2.05, 4.69) is 52.4 Å². The molecule has 1 heterocycles. The lowest BCUT2D eigenvalue weighted by atomic mass is 10.2. The number of nitrogens with zero attached hydrogens (tertiary/aromatic N) is 2. The number of hydrogen-bond acceptors (Lipinski definition) is 4. The van der Waals surface area contributed by atoms with Gasteiger partial charge in [0.2, 0.25) is 5.88 Å². The van der Waals surface area contributed by atoms with Gasteiger partial charge in [0, 0.05) is 32.9 Å². The third-order valence-electron chi connectivity index (χ3n) is 4.43. The van der Waals surface area contributed by atoms with Crippen molar-refractivity contribution in [1.82, 2.24) is 10.3 Å². The molecule has 0 aliphatic heterocycles. The summed E-state index contributed by atoms with van der Waals surface area (Å²) >= 11 is 6.81. The molecule has 0 bridgehead atoms. The standard InChI is InChI=1S/C21H20Br2N4O3/c22-14-11-15-18(16(23)12-14)25-21(30)19(15)27-26-17(28)9-5-2-6-10-24-20(29)13-7-3-1-4-8-13/h1,3-4,7-8,11-12,25,30H,2,5-6,9-10H2,(H,24,29). The molecule has 0 fully saturated rings. The Kier molecular flexibility index (Phi) is 7.75. The van der Waals surface area contributed by atoms with E-state index in [4.69, 9.17) is 0 Å². The number of azo groups is 1. The fourth-order valence-corrected chi connectivity index (χ4v) is 4.25. The molecule has 2 aromatic carbocycles. The summed E-state index contributed by atoms with van der Waals surface area (Å²) in [7, 11) is 0. The number of nitrogens with one attached hydrogen (secondary N) is 2. The van der Waals surface area contributed by atoms with Crippen LogP contribution in [0.15, 0.2) is 61.6 Å². The summed E-state index contributed by atoms with van der Waals surface area (Å²) in [5, 5.41) is 21.3. The summed E-state index contributed by atoms with van der Waals surface area (Å²) in [6.45, 7) is 0.552. The van der Waals surface area contributed by atoms with Crippen LogP contribution in [0, 0.1) is 0 Å². The first-order valence-electron chi connectivity index (χ1n) is 9.43. The quantitative estimate of drug-likeness (QED) is 0.243. The third kappa shape index (κ3) is 5.76. The van der Waals surface area contributed by atoms with Crippen molar-refractivity contribution in [2.75, 3.05) is 6.54 Å². The van der Waals surface area contributed by atoms with Gasteiger partial charge in [0.05, 0.1) is 5.52 Å². The molecule has 3 rings (SSSR count). The highest BCUT2D eigenvalue weighted by molar-refractivity contribution is 9.11. The van der Waals surface area contributed by atoms with E-state index in [1.165, 1.54) is 0 Å². The van der Waals surface area contributed by atoms with E-state index < -0.39 is 0 Å². The lowest BCUT2D eigenvalue weighted by Gasteiger charge is -2.04. The highest BCUT2D eigenvalue weighted by atomic mass is 79.9. The minimum atomic E-state index is -0.355. The molecule has 0 atom stereocenters. The molecule has 0 aliphatic carbocycles. The molecule has 7 nitrogen and oxygen atoms in total. The molecular formula is C21H20Br2N4O3. The molecule has 0 saturated carbocycles. The number of H-pyrrole nitrogens is 1. The van der Waals surface area contributed by atoms with E-state index in [9.17, 15) is 14.7 Å². The van der Waals surface area contributed by atoms with Crippen molar-refractivity contribution < 1.29 is 14.7 Å². The molecule has 156 valence electrons. The summed E-state index contributed by atoms with van der Waals surface area (Å²) in [4.78, 5) is 26.8. The van der Waals surface area contributed by atoms with Crippen LogP contribution >= 0.6 is 31.9 Å². The Morgan fingerprint density at radius 3 is 2.60 bits per heavy atom. The molecule has 3 aromatic rings. The van der Waals surface area contributed by atoms with Gasteiger partial charge in [-0.25, -0.2) is 0 Å². The van der Waals surface area contributed by atoms with Crippen LogP contribution in [-0.4, -0.2) is 28.4 Å². The maximum atomic E-state index is 12.0. The fraction of sp³-hybridized carbons (Fsp3) is 0.238. The Morgan fingerprint density at radius 2 is 1.83 bits per heavy atom. The number of carbonyl (C=O) groups is 2. The van der Waals surface area contributed by atoms with Crippen molar-refractivity contribution in [3.05, 3.63) is 57.0 Å². The predicted molar refractivity (Wildman–Crippen MR) is 122 cm³/mol. The van der Waals surface area contributed by atoms with Gasteiger partial charge in [-0.2, -0.15) is 0 Å². The zero-order chi connectivity index (χ0) is 21.5. The first-order chi connectivity index (χ1) is 14.5. The molecule has 1 aromatic heterocycles. The number of halogens is 2. The Hall–Kier alpha value is -2.52. The Morgan fingerprint density at radius 1 is 1.07 bits per heavy atom. The first kappa shape index (κ1) is 22.2. The van der Waals surface area contributed by atoms with E-state index in [1.807, 2.05) is 24.3 Å². The maximum Gasteiger partial charge on any atom is 0.264 e. The summed E-state index contributed by atoms with van der Waals surface area (Å²) in [6.07, 6.45) is 2.46. The largest absolute Gasteiger partial charge is 0.493 e. The van der Waals surface area contributed by atoms with E-state index in [1.54, 1.807) is 18.2 Å². The monoisotopic (exact) mass is 534 g/mol. The fourth-order valence-electron chi connectivity index (χ4n) is 2.92. The number of unbranched alkanes of at least 4 members (excludes halogenated alkanes) is 2. The van der Waals surface area contributed by atoms with Crippen molar-refractivity contribution >= 4 is 60.3 Å². The molecule has 2 amide bonds. The van der Waals surface area contributed by atoms with E-state index in [-0.39, 0.29) is 29.8 Å².